The normalized spacial score (nSPS) is 12.9. The summed E-state index contributed by atoms with van der Waals surface area (Å²) >= 11 is 0. The first-order valence-electron chi connectivity index (χ1n) is 7.12. The molecule has 0 spiro atoms. The molecule has 0 saturated carbocycles. The van der Waals surface area contributed by atoms with Crippen LogP contribution in [-0.4, -0.2) is 38.4 Å². The quantitative estimate of drug-likeness (QED) is 0.380. The number of esters is 1. The Balaban J connectivity index is 2.34. The number of carbonyl (C=O) groups excluding carboxylic acids is 1. The van der Waals surface area contributed by atoms with Crippen molar-refractivity contribution in [2.24, 2.45) is 0 Å². The number of alkyl halides is 4. The molecule has 0 saturated heterocycles. The molecular formula is C15H18F4O4S. The van der Waals surface area contributed by atoms with E-state index >= 15 is 0 Å². The van der Waals surface area contributed by atoms with Crippen LogP contribution in [-0.2, 0) is 25.8 Å². The molecule has 0 heterocycles. The van der Waals surface area contributed by atoms with Gasteiger partial charge in [0.2, 0.25) is 9.84 Å². The molecule has 0 aliphatic carbocycles. The van der Waals surface area contributed by atoms with E-state index in [4.69, 9.17) is 4.74 Å². The van der Waals surface area contributed by atoms with Crippen LogP contribution in [0.15, 0.2) is 30.3 Å². The molecule has 0 atom stereocenters. The number of halogens is 4. The number of carbonyl (C=O) groups is 1. The van der Waals surface area contributed by atoms with Gasteiger partial charge in [-0.25, -0.2) is 8.42 Å². The highest BCUT2D eigenvalue weighted by Gasteiger charge is 2.62. The molecule has 1 aromatic rings. The van der Waals surface area contributed by atoms with E-state index in [0.29, 0.717) is 0 Å². The predicted octanol–water partition coefficient (Wildman–Crippen LogP) is 3.22. The molecule has 4 nitrogen and oxygen atoms in total. The Hall–Kier alpha value is -1.64. The van der Waals surface area contributed by atoms with Gasteiger partial charge in [0.05, 0.1) is 13.0 Å². The van der Waals surface area contributed by atoms with E-state index in [1.807, 2.05) is 0 Å². The maximum absolute atomic E-state index is 13.3. The lowest BCUT2D eigenvalue weighted by atomic mass is 10.1. The monoisotopic (exact) mass is 370 g/mol. The third-order valence-electron chi connectivity index (χ3n) is 3.23. The van der Waals surface area contributed by atoms with Gasteiger partial charge in [-0.05, 0) is 18.4 Å². The molecule has 0 aromatic heterocycles. The highest BCUT2D eigenvalue weighted by Crippen LogP contribution is 2.41. The van der Waals surface area contributed by atoms with Gasteiger partial charge in [-0.3, -0.25) is 4.79 Å². The Labute approximate surface area is 137 Å². The molecule has 136 valence electrons. The molecule has 24 heavy (non-hydrogen) atoms. The number of rotatable bonds is 9. The van der Waals surface area contributed by atoms with Crippen molar-refractivity contribution in [3.8, 4) is 0 Å². The van der Waals surface area contributed by atoms with Crippen LogP contribution in [0, 0.1) is 0 Å². The summed E-state index contributed by atoms with van der Waals surface area (Å²) in [5, 5.41) is -5.12. The maximum Gasteiger partial charge on any atom is 0.406 e. The third kappa shape index (κ3) is 5.47. The molecular weight excluding hydrogens is 352 g/mol. The maximum atomic E-state index is 13.3. The second-order valence-electron chi connectivity index (χ2n) is 5.33. The first kappa shape index (κ1) is 20.4. The standard InChI is InChI=1S/C15H18F4O4S/c1-24(21,22)15(18,19)14(16,17)9-5-6-10-23-13(20)11-12-7-3-2-4-8-12/h2-4,7-8H,5-6,9-11H2,1H3. The predicted molar refractivity (Wildman–Crippen MR) is 79.7 cm³/mol. The summed E-state index contributed by atoms with van der Waals surface area (Å²) in [5.41, 5.74) is 0.724. The van der Waals surface area contributed by atoms with E-state index in [-0.39, 0.29) is 25.7 Å². The van der Waals surface area contributed by atoms with Crippen molar-refractivity contribution in [3.05, 3.63) is 35.9 Å². The summed E-state index contributed by atoms with van der Waals surface area (Å²) in [4.78, 5) is 11.5. The van der Waals surface area contributed by atoms with Crippen molar-refractivity contribution in [2.75, 3.05) is 12.9 Å². The number of sulfone groups is 1. The SMILES string of the molecule is CS(=O)(=O)C(F)(F)C(F)(F)CCCCOC(=O)Cc1ccccc1. The minimum atomic E-state index is -5.22. The van der Waals surface area contributed by atoms with Crippen LogP contribution in [0.1, 0.15) is 24.8 Å². The zero-order chi connectivity index (χ0) is 18.4. The molecule has 0 amide bonds. The van der Waals surface area contributed by atoms with E-state index in [9.17, 15) is 30.8 Å². The average molecular weight is 370 g/mol. The summed E-state index contributed by atoms with van der Waals surface area (Å²) in [6, 6.07) is 8.70. The number of ether oxygens (including phenoxy) is 1. The zero-order valence-electron chi connectivity index (χ0n) is 13.0. The van der Waals surface area contributed by atoms with Gasteiger partial charge in [0, 0.05) is 12.7 Å². The van der Waals surface area contributed by atoms with Crippen molar-refractivity contribution in [2.45, 2.75) is 36.9 Å². The highest BCUT2D eigenvalue weighted by molar-refractivity contribution is 7.91. The van der Waals surface area contributed by atoms with Crippen molar-refractivity contribution < 1.29 is 35.5 Å². The number of hydrogen-bond acceptors (Lipinski definition) is 4. The van der Waals surface area contributed by atoms with Gasteiger partial charge < -0.3 is 4.74 Å². The van der Waals surface area contributed by atoms with Gasteiger partial charge >= 0.3 is 17.1 Å². The van der Waals surface area contributed by atoms with Gasteiger partial charge in [0.1, 0.15) is 0 Å². The minimum absolute atomic E-state index is 0.0170. The van der Waals surface area contributed by atoms with Crippen LogP contribution in [0.4, 0.5) is 17.6 Å². The van der Waals surface area contributed by atoms with Gasteiger partial charge in [0.15, 0.2) is 0 Å². The topological polar surface area (TPSA) is 60.4 Å². The second-order valence-corrected chi connectivity index (χ2v) is 7.39. The Morgan fingerprint density at radius 1 is 1.08 bits per heavy atom. The third-order valence-corrected chi connectivity index (χ3v) is 4.46. The molecule has 0 unspecified atom stereocenters. The smallest absolute Gasteiger partial charge is 0.406 e. The number of unbranched alkanes of at least 4 members (excludes halogenated alkanes) is 1. The summed E-state index contributed by atoms with van der Waals surface area (Å²) in [6.07, 6.45) is -1.72. The van der Waals surface area contributed by atoms with E-state index in [0.717, 1.165) is 5.56 Å². The summed E-state index contributed by atoms with van der Waals surface area (Å²) < 4.78 is 79.3. The van der Waals surface area contributed by atoms with Crippen LogP contribution in [0.25, 0.3) is 0 Å². The average Bonchev–Trinajstić information content (AvgIpc) is 2.46. The summed E-state index contributed by atoms with van der Waals surface area (Å²) in [7, 11) is -5.22. The van der Waals surface area contributed by atoms with E-state index in [1.165, 1.54) is 0 Å². The molecule has 1 aromatic carbocycles. The fraction of sp³-hybridized carbons (Fsp3) is 0.533. The molecule has 9 heteroatoms. The Kier molecular flexibility index (Phi) is 6.76. The zero-order valence-corrected chi connectivity index (χ0v) is 13.8. The highest BCUT2D eigenvalue weighted by atomic mass is 32.2. The van der Waals surface area contributed by atoms with Gasteiger partial charge in [0.25, 0.3) is 0 Å². The molecule has 0 bridgehead atoms. The van der Waals surface area contributed by atoms with Crippen LogP contribution in [0.3, 0.4) is 0 Å². The summed E-state index contributed by atoms with van der Waals surface area (Å²) in [5.74, 6) is -5.23. The van der Waals surface area contributed by atoms with Gasteiger partial charge in [-0.2, -0.15) is 17.6 Å². The van der Waals surface area contributed by atoms with Crippen molar-refractivity contribution in [3.63, 3.8) is 0 Å². The molecule has 0 aliphatic rings. The fourth-order valence-corrected chi connectivity index (χ4v) is 2.51. The molecule has 0 aliphatic heterocycles. The van der Waals surface area contributed by atoms with Crippen LogP contribution < -0.4 is 0 Å². The number of benzene rings is 1. The lowest BCUT2D eigenvalue weighted by molar-refractivity contribution is -0.161. The molecule has 0 radical (unpaired) electrons. The fourth-order valence-electron chi connectivity index (χ4n) is 1.87. The van der Waals surface area contributed by atoms with E-state index < -0.39 is 39.8 Å². The van der Waals surface area contributed by atoms with Crippen LogP contribution >= 0.6 is 0 Å². The Morgan fingerprint density at radius 3 is 2.21 bits per heavy atom. The first-order chi connectivity index (χ1) is 11.0. The van der Waals surface area contributed by atoms with Gasteiger partial charge in [-0.1, -0.05) is 30.3 Å². The van der Waals surface area contributed by atoms with Crippen LogP contribution in [0.2, 0.25) is 0 Å². The van der Waals surface area contributed by atoms with Crippen molar-refractivity contribution in [1.82, 2.24) is 0 Å². The lowest BCUT2D eigenvalue weighted by Gasteiger charge is -2.24. The van der Waals surface area contributed by atoms with Crippen molar-refractivity contribution >= 4 is 15.8 Å². The van der Waals surface area contributed by atoms with E-state index in [2.05, 4.69) is 0 Å². The van der Waals surface area contributed by atoms with Crippen LogP contribution in [0.5, 0.6) is 0 Å². The molecule has 0 fully saturated rings. The van der Waals surface area contributed by atoms with Gasteiger partial charge in [-0.15, -0.1) is 0 Å². The minimum Gasteiger partial charge on any atom is -0.465 e. The number of hydrogen-bond donors (Lipinski definition) is 0. The molecule has 0 N–H and O–H groups in total. The summed E-state index contributed by atoms with van der Waals surface area (Å²) in [6.45, 7) is -0.202. The largest absolute Gasteiger partial charge is 0.465 e. The Bertz CT molecular complexity index is 645. The Morgan fingerprint density at radius 2 is 1.67 bits per heavy atom. The lowest BCUT2D eigenvalue weighted by Crippen LogP contribution is -2.46. The first-order valence-corrected chi connectivity index (χ1v) is 9.01. The second kappa shape index (κ2) is 7.96. The molecule has 1 rings (SSSR count). The van der Waals surface area contributed by atoms with Crippen molar-refractivity contribution in [1.29, 1.82) is 0 Å². The van der Waals surface area contributed by atoms with E-state index in [1.54, 1.807) is 30.3 Å².